The molecule has 221 valence electrons. The zero-order valence-corrected chi connectivity index (χ0v) is 28.1. The third-order valence-electron chi connectivity index (χ3n) is 7.64. The van der Waals surface area contributed by atoms with E-state index in [9.17, 15) is 9.90 Å². The molecule has 0 aliphatic carbocycles. The average Bonchev–Trinajstić information content (AvgIpc) is 3.32. The minimum Gasteiger partial charge on any atom is -0.512 e. The fourth-order valence-electron chi connectivity index (χ4n) is 5.22. The van der Waals surface area contributed by atoms with Gasteiger partial charge in [0, 0.05) is 55.2 Å². The average molecular weight is 731 g/mol. The van der Waals surface area contributed by atoms with Crippen LogP contribution >= 0.6 is 0 Å². The van der Waals surface area contributed by atoms with Crippen molar-refractivity contribution in [3.63, 3.8) is 0 Å². The van der Waals surface area contributed by atoms with E-state index in [0.29, 0.717) is 0 Å². The van der Waals surface area contributed by atoms with Crippen molar-refractivity contribution < 1.29 is 34.4 Å². The smallest absolute Gasteiger partial charge is 0.162 e. The molecule has 0 aliphatic heterocycles. The van der Waals surface area contributed by atoms with E-state index < -0.39 is 0 Å². The number of allylic oxidation sites excluding steroid dienone is 2. The number of ketones is 1. The van der Waals surface area contributed by atoms with Gasteiger partial charge in [-0.3, -0.25) is 4.79 Å². The van der Waals surface area contributed by atoms with Crippen LogP contribution in [0.4, 0.5) is 0 Å². The second-order valence-electron chi connectivity index (χ2n) is 10.7. The Kier molecular flexibility index (Phi) is 13.2. The SMILES string of the molecule is CCC(CC)C(=O)/C=C(\O)C(CC)CC.Cc1[c-]c(-c2cc3oc(-c4c(C)cccc4C)cc3cn2)cc(C)c1.[Ir]. The maximum atomic E-state index is 11.7. The van der Waals surface area contributed by atoms with Gasteiger partial charge in [-0.05, 0) is 68.5 Å². The molecule has 0 saturated carbocycles. The topological polar surface area (TPSA) is 63.3 Å². The van der Waals surface area contributed by atoms with Gasteiger partial charge in [0.25, 0.3) is 0 Å². The number of benzene rings is 2. The molecule has 0 saturated heterocycles. The first-order valence-corrected chi connectivity index (χ1v) is 14.5. The fourth-order valence-corrected chi connectivity index (χ4v) is 5.22. The molecule has 0 amide bonds. The molecule has 0 atom stereocenters. The third kappa shape index (κ3) is 8.74. The van der Waals surface area contributed by atoms with Crippen LogP contribution in [-0.2, 0) is 24.9 Å². The number of carbonyl (C=O) groups excluding carboxylic acids is 1. The first-order valence-electron chi connectivity index (χ1n) is 14.5. The number of aromatic nitrogens is 1. The Labute approximate surface area is 259 Å². The van der Waals surface area contributed by atoms with Gasteiger partial charge in [-0.2, -0.15) is 0 Å². The molecular weight excluding hydrogens is 687 g/mol. The molecule has 1 radical (unpaired) electrons. The number of furan rings is 1. The minimum absolute atomic E-state index is 0. The predicted molar refractivity (Wildman–Crippen MR) is 167 cm³/mol. The number of pyridine rings is 1. The van der Waals surface area contributed by atoms with E-state index in [2.05, 4.69) is 75.1 Å². The van der Waals surface area contributed by atoms with Gasteiger partial charge in [0.2, 0.25) is 0 Å². The summed E-state index contributed by atoms with van der Waals surface area (Å²) in [6.45, 7) is 16.4. The number of nitrogens with zero attached hydrogens (tertiary/aromatic N) is 1. The molecule has 2 heterocycles. The van der Waals surface area contributed by atoms with E-state index in [-0.39, 0.29) is 43.5 Å². The molecule has 0 bridgehead atoms. The van der Waals surface area contributed by atoms with Gasteiger partial charge < -0.3 is 14.5 Å². The predicted octanol–water partition coefficient (Wildman–Crippen LogP) is 10.1. The van der Waals surface area contributed by atoms with Crippen molar-refractivity contribution in [1.82, 2.24) is 4.98 Å². The van der Waals surface area contributed by atoms with Crippen molar-refractivity contribution in [3.8, 4) is 22.6 Å². The van der Waals surface area contributed by atoms with Crippen LogP contribution in [0, 0.1) is 45.6 Å². The molecule has 5 heteroatoms. The second kappa shape index (κ2) is 15.8. The maximum Gasteiger partial charge on any atom is 0.162 e. The van der Waals surface area contributed by atoms with Crippen LogP contribution in [0.2, 0.25) is 0 Å². The van der Waals surface area contributed by atoms with Crippen molar-refractivity contribution >= 4 is 16.8 Å². The number of fused-ring (bicyclic) bond motifs is 1. The number of hydrogen-bond acceptors (Lipinski definition) is 4. The fraction of sp³-hybridized carbons (Fsp3) is 0.389. The van der Waals surface area contributed by atoms with Crippen LogP contribution in [0.15, 0.2) is 64.9 Å². The molecule has 0 unspecified atom stereocenters. The van der Waals surface area contributed by atoms with E-state index in [4.69, 9.17) is 4.42 Å². The van der Waals surface area contributed by atoms with Gasteiger partial charge >= 0.3 is 0 Å². The first kappa shape index (κ1) is 34.2. The maximum absolute atomic E-state index is 11.7. The van der Waals surface area contributed by atoms with Crippen molar-refractivity contribution in [2.24, 2.45) is 11.8 Å². The summed E-state index contributed by atoms with van der Waals surface area (Å²) >= 11 is 0. The molecule has 0 spiro atoms. The summed E-state index contributed by atoms with van der Waals surface area (Å²) in [5, 5.41) is 10.8. The molecule has 0 fully saturated rings. The molecule has 1 N–H and O–H groups in total. The molecule has 0 aliphatic rings. The second-order valence-corrected chi connectivity index (χ2v) is 10.7. The van der Waals surface area contributed by atoms with E-state index >= 15 is 0 Å². The van der Waals surface area contributed by atoms with Crippen molar-refractivity contribution in [2.75, 3.05) is 0 Å². The van der Waals surface area contributed by atoms with Crippen LogP contribution < -0.4 is 0 Å². The summed E-state index contributed by atoms with van der Waals surface area (Å²) in [6, 6.07) is 18.0. The van der Waals surface area contributed by atoms with Gasteiger partial charge in [-0.1, -0.05) is 59.7 Å². The van der Waals surface area contributed by atoms with Crippen molar-refractivity contribution in [2.45, 2.75) is 81.1 Å². The zero-order valence-electron chi connectivity index (χ0n) is 25.7. The van der Waals surface area contributed by atoms with E-state index in [1.165, 1.54) is 28.3 Å². The minimum atomic E-state index is 0. The molecule has 4 aromatic rings. The summed E-state index contributed by atoms with van der Waals surface area (Å²) < 4.78 is 6.18. The summed E-state index contributed by atoms with van der Waals surface area (Å²) in [7, 11) is 0. The molecular formula is C36H44IrNO3-. The molecule has 41 heavy (non-hydrogen) atoms. The number of rotatable bonds is 9. The number of hydrogen-bond donors (Lipinski definition) is 1. The zero-order chi connectivity index (χ0) is 29.4. The Hall–Kier alpha value is -3.01. The molecule has 4 nitrogen and oxygen atoms in total. The van der Waals surface area contributed by atoms with Crippen molar-refractivity contribution in [1.29, 1.82) is 0 Å². The van der Waals surface area contributed by atoms with Gasteiger partial charge in [0.05, 0.1) is 5.76 Å². The number of carbonyl (C=O) groups is 1. The molecule has 2 aromatic carbocycles. The number of aryl methyl sites for hydroxylation is 4. The Bertz CT molecular complexity index is 1440. The normalized spacial score (nSPS) is 11.4. The summed E-state index contributed by atoms with van der Waals surface area (Å²) in [6.07, 6.45) is 6.79. The summed E-state index contributed by atoms with van der Waals surface area (Å²) in [4.78, 5) is 16.3. The van der Waals surface area contributed by atoms with Crippen LogP contribution in [0.1, 0.15) is 75.6 Å². The number of aliphatic hydroxyl groups excluding tert-OH is 1. The summed E-state index contributed by atoms with van der Waals surface area (Å²) in [5.41, 5.74) is 8.68. The van der Waals surface area contributed by atoms with Gasteiger partial charge in [0.1, 0.15) is 11.3 Å². The Morgan fingerprint density at radius 2 is 1.54 bits per heavy atom. The van der Waals surface area contributed by atoms with Gasteiger partial charge in [-0.25, -0.2) is 0 Å². The van der Waals surface area contributed by atoms with E-state index in [0.717, 1.165) is 59.2 Å². The molecule has 4 rings (SSSR count). The van der Waals surface area contributed by atoms with E-state index in [1.54, 1.807) is 0 Å². The summed E-state index contributed by atoms with van der Waals surface area (Å²) in [5.74, 6) is 1.44. The largest absolute Gasteiger partial charge is 0.512 e. The van der Waals surface area contributed by atoms with Crippen LogP contribution in [0.5, 0.6) is 0 Å². The standard InChI is InChI=1S/C23H20NO.C13H24O2.Ir/c1-14-8-15(2)10-18(9-14)20-12-21-19(13-24-20)11-22(25-21)23-16(3)6-5-7-17(23)4;1-5-10(6-2)12(14)9-13(15)11(7-3)8-4;/h5-9,11-13H,1-4H3;9-11,14H,5-8H2,1-4H3;/q-1;;/b;12-9-;. The van der Waals surface area contributed by atoms with Crippen LogP contribution in [-0.4, -0.2) is 15.9 Å². The Morgan fingerprint density at radius 1 is 0.927 bits per heavy atom. The Morgan fingerprint density at radius 3 is 2.10 bits per heavy atom. The van der Waals surface area contributed by atoms with Crippen LogP contribution in [0.25, 0.3) is 33.6 Å². The first-order chi connectivity index (χ1) is 19.1. The van der Waals surface area contributed by atoms with Gasteiger partial charge in [0.15, 0.2) is 5.78 Å². The monoisotopic (exact) mass is 731 g/mol. The van der Waals surface area contributed by atoms with E-state index in [1.807, 2.05) is 40.0 Å². The van der Waals surface area contributed by atoms with Gasteiger partial charge in [-0.15, -0.1) is 34.9 Å². The number of aliphatic hydroxyl groups is 1. The third-order valence-corrected chi connectivity index (χ3v) is 7.64. The quantitative estimate of drug-likeness (QED) is 0.106. The Balaban J connectivity index is 0.000000320. The van der Waals surface area contributed by atoms with Crippen molar-refractivity contribution in [3.05, 3.63) is 88.8 Å². The molecule has 2 aromatic heterocycles. The van der Waals surface area contributed by atoms with Crippen LogP contribution in [0.3, 0.4) is 0 Å².